The highest BCUT2D eigenvalue weighted by molar-refractivity contribution is 5.59. The van der Waals surface area contributed by atoms with Crippen LogP contribution in [0.15, 0.2) is 43.1 Å². The van der Waals surface area contributed by atoms with E-state index in [-0.39, 0.29) is 11.9 Å². The number of hydrogen-bond donors (Lipinski definition) is 1. The van der Waals surface area contributed by atoms with Crippen molar-refractivity contribution in [2.24, 2.45) is 0 Å². The molecule has 1 aliphatic rings. The van der Waals surface area contributed by atoms with Crippen molar-refractivity contribution in [2.75, 3.05) is 13.1 Å². The molecule has 0 radical (unpaired) electrons. The van der Waals surface area contributed by atoms with E-state index < -0.39 is 0 Å². The first-order chi connectivity index (χ1) is 11.8. The van der Waals surface area contributed by atoms with E-state index in [9.17, 15) is 4.39 Å². The molecular weight excluding hydrogens is 307 g/mol. The van der Waals surface area contributed by atoms with Crippen molar-refractivity contribution in [3.8, 4) is 11.3 Å². The van der Waals surface area contributed by atoms with E-state index in [2.05, 4.69) is 25.0 Å². The molecule has 0 aliphatic carbocycles. The number of likely N-dealkylation sites (tertiary alicyclic amines) is 1. The fraction of sp³-hybridized carbons (Fsp3) is 0.353. The summed E-state index contributed by atoms with van der Waals surface area (Å²) < 4.78 is 15.8. The van der Waals surface area contributed by atoms with Crippen LogP contribution in [0.25, 0.3) is 11.3 Å². The van der Waals surface area contributed by atoms with Gasteiger partial charge in [0.1, 0.15) is 24.3 Å². The first-order valence-electron chi connectivity index (χ1n) is 8.17. The molecule has 124 valence electrons. The predicted octanol–water partition coefficient (Wildman–Crippen LogP) is 2.64. The largest absolute Gasteiger partial charge is 0.341 e. The van der Waals surface area contributed by atoms with Crippen LogP contribution in [0.3, 0.4) is 0 Å². The Hall–Kier alpha value is -2.54. The molecule has 2 aromatic heterocycles. The molecule has 1 aromatic carbocycles. The molecule has 0 amide bonds. The SMILES string of the molecule is Fc1ccccc1-c1cnc(C2CCCN2CCn2cncn2)[nH]1. The lowest BCUT2D eigenvalue weighted by atomic mass is 10.1. The third-order valence-electron chi connectivity index (χ3n) is 4.52. The van der Waals surface area contributed by atoms with Crippen LogP contribution < -0.4 is 0 Å². The van der Waals surface area contributed by atoms with Crippen LogP contribution in [0.4, 0.5) is 4.39 Å². The van der Waals surface area contributed by atoms with Gasteiger partial charge in [-0.25, -0.2) is 14.4 Å². The molecule has 1 N–H and O–H groups in total. The standard InChI is InChI=1S/C17H19FN6/c18-14-5-2-1-4-13(14)15-10-20-17(22-15)16-6-3-7-23(16)8-9-24-12-19-11-21-24/h1-2,4-5,10-12,16H,3,6-9H2,(H,20,22). The van der Waals surface area contributed by atoms with E-state index in [4.69, 9.17) is 0 Å². The summed E-state index contributed by atoms with van der Waals surface area (Å²) in [5, 5.41) is 4.14. The van der Waals surface area contributed by atoms with Crippen LogP contribution in [0.2, 0.25) is 0 Å². The first-order valence-corrected chi connectivity index (χ1v) is 8.17. The molecule has 1 fully saturated rings. The van der Waals surface area contributed by atoms with E-state index in [1.54, 1.807) is 31.0 Å². The summed E-state index contributed by atoms with van der Waals surface area (Å²) in [4.78, 5) is 14.2. The lowest BCUT2D eigenvalue weighted by Gasteiger charge is -2.22. The Morgan fingerprint density at radius 1 is 1.25 bits per heavy atom. The van der Waals surface area contributed by atoms with Gasteiger partial charge in [-0.3, -0.25) is 9.58 Å². The zero-order valence-electron chi connectivity index (χ0n) is 13.3. The van der Waals surface area contributed by atoms with Crippen molar-refractivity contribution in [3.05, 3.63) is 54.8 Å². The van der Waals surface area contributed by atoms with E-state index in [1.165, 1.54) is 6.07 Å². The molecule has 3 heterocycles. The summed E-state index contributed by atoms with van der Waals surface area (Å²) in [7, 11) is 0. The van der Waals surface area contributed by atoms with Gasteiger partial charge in [-0.05, 0) is 31.5 Å². The van der Waals surface area contributed by atoms with Crippen molar-refractivity contribution in [1.29, 1.82) is 0 Å². The number of benzene rings is 1. The molecule has 1 unspecified atom stereocenters. The molecular formula is C17H19FN6. The second-order valence-corrected chi connectivity index (χ2v) is 6.01. The van der Waals surface area contributed by atoms with Crippen molar-refractivity contribution < 1.29 is 4.39 Å². The molecule has 4 rings (SSSR count). The Bertz CT molecular complexity index is 797. The molecule has 1 aliphatic heterocycles. The van der Waals surface area contributed by atoms with Gasteiger partial charge in [-0.2, -0.15) is 5.10 Å². The quantitative estimate of drug-likeness (QED) is 0.783. The van der Waals surface area contributed by atoms with Gasteiger partial charge in [0, 0.05) is 12.1 Å². The van der Waals surface area contributed by atoms with E-state index >= 15 is 0 Å². The van der Waals surface area contributed by atoms with Crippen LogP contribution >= 0.6 is 0 Å². The minimum atomic E-state index is -0.234. The van der Waals surface area contributed by atoms with Crippen LogP contribution in [0.1, 0.15) is 24.7 Å². The fourth-order valence-corrected chi connectivity index (χ4v) is 3.31. The molecule has 24 heavy (non-hydrogen) atoms. The maximum Gasteiger partial charge on any atom is 0.137 e. The molecule has 1 saturated heterocycles. The van der Waals surface area contributed by atoms with Gasteiger partial charge in [0.25, 0.3) is 0 Å². The van der Waals surface area contributed by atoms with Gasteiger partial charge >= 0.3 is 0 Å². The smallest absolute Gasteiger partial charge is 0.137 e. The molecule has 0 bridgehead atoms. The molecule has 0 saturated carbocycles. The summed E-state index contributed by atoms with van der Waals surface area (Å²) in [6.45, 7) is 2.73. The van der Waals surface area contributed by atoms with Crippen LogP contribution in [-0.4, -0.2) is 42.7 Å². The van der Waals surface area contributed by atoms with Crippen molar-refractivity contribution in [1.82, 2.24) is 29.6 Å². The summed E-state index contributed by atoms with van der Waals surface area (Å²) >= 11 is 0. The average Bonchev–Trinajstić information content (AvgIpc) is 3.34. The number of aromatic nitrogens is 5. The van der Waals surface area contributed by atoms with Gasteiger partial charge in [0.15, 0.2) is 0 Å². The number of nitrogens with one attached hydrogen (secondary N) is 1. The van der Waals surface area contributed by atoms with Crippen LogP contribution in [0, 0.1) is 5.82 Å². The molecule has 7 heteroatoms. The lowest BCUT2D eigenvalue weighted by molar-refractivity contribution is 0.236. The predicted molar refractivity (Wildman–Crippen MR) is 87.6 cm³/mol. The van der Waals surface area contributed by atoms with Gasteiger partial charge < -0.3 is 4.98 Å². The fourth-order valence-electron chi connectivity index (χ4n) is 3.31. The summed E-state index contributed by atoms with van der Waals surface area (Å²) in [6.07, 6.45) is 7.20. The minimum Gasteiger partial charge on any atom is -0.341 e. The summed E-state index contributed by atoms with van der Waals surface area (Å²) in [5.74, 6) is 0.673. The second kappa shape index (κ2) is 6.52. The normalized spacial score (nSPS) is 18.3. The Balaban J connectivity index is 1.49. The van der Waals surface area contributed by atoms with Gasteiger partial charge in [-0.1, -0.05) is 12.1 Å². The Morgan fingerprint density at radius 2 is 2.17 bits per heavy atom. The number of nitrogens with zero attached hydrogens (tertiary/aromatic N) is 5. The second-order valence-electron chi connectivity index (χ2n) is 6.01. The third kappa shape index (κ3) is 2.94. The summed E-state index contributed by atoms with van der Waals surface area (Å²) in [5.41, 5.74) is 1.29. The highest BCUT2D eigenvalue weighted by atomic mass is 19.1. The number of halogens is 1. The Morgan fingerprint density at radius 3 is 3.00 bits per heavy atom. The first kappa shape index (κ1) is 15.0. The molecule has 3 aromatic rings. The van der Waals surface area contributed by atoms with Crippen molar-refractivity contribution >= 4 is 0 Å². The van der Waals surface area contributed by atoms with Crippen molar-refractivity contribution in [2.45, 2.75) is 25.4 Å². The zero-order chi connectivity index (χ0) is 16.4. The lowest BCUT2D eigenvalue weighted by Crippen LogP contribution is -2.28. The minimum absolute atomic E-state index is 0.234. The average molecular weight is 326 g/mol. The maximum absolute atomic E-state index is 13.9. The monoisotopic (exact) mass is 326 g/mol. The number of imidazole rings is 1. The number of H-pyrrole nitrogens is 1. The topological polar surface area (TPSA) is 62.6 Å². The number of aromatic amines is 1. The Kier molecular flexibility index (Phi) is 4.08. The Labute approximate surface area is 139 Å². The van der Waals surface area contributed by atoms with Gasteiger partial charge in [-0.15, -0.1) is 0 Å². The number of rotatable bonds is 5. The molecule has 0 spiro atoms. The van der Waals surface area contributed by atoms with E-state index in [1.807, 2.05) is 10.7 Å². The van der Waals surface area contributed by atoms with E-state index in [0.717, 1.165) is 44.0 Å². The molecule has 6 nitrogen and oxygen atoms in total. The van der Waals surface area contributed by atoms with Crippen LogP contribution in [0.5, 0.6) is 0 Å². The molecule has 1 atom stereocenters. The summed E-state index contributed by atoms with van der Waals surface area (Å²) in [6, 6.07) is 7.01. The van der Waals surface area contributed by atoms with Gasteiger partial charge in [0.05, 0.1) is 24.5 Å². The maximum atomic E-state index is 13.9. The van der Waals surface area contributed by atoms with E-state index in [0.29, 0.717) is 5.56 Å². The van der Waals surface area contributed by atoms with Crippen LogP contribution in [-0.2, 0) is 6.54 Å². The highest BCUT2D eigenvalue weighted by Crippen LogP contribution is 2.31. The number of hydrogen-bond acceptors (Lipinski definition) is 4. The van der Waals surface area contributed by atoms with Crippen molar-refractivity contribution in [3.63, 3.8) is 0 Å². The van der Waals surface area contributed by atoms with Gasteiger partial charge in [0.2, 0.25) is 0 Å². The highest BCUT2D eigenvalue weighted by Gasteiger charge is 2.28. The third-order valence-corrected chi connectivity index (χ3v) is 4.52. The zero-order valence-corrected chi connectivity index (χ0v) is 13.3.